The molecule has 3 rings (SSSR count). The Morgan fingerprint density at radius 3 is 2.58 bits per heavy atom. The number of imidazole rings is 1. The Morgan fingerprint density at radius 1 is 1.11 bits per heavy atom. The molecule has 0 bridgehead atoms. The average Bonchev–Trinajstić information content (AvgIpc) is 2.90. The van der Waals surface area contributed by atoms with Crippen molar-refractivity contribution in [1.29, 1.82) is 0 Å². The lowest BCUT2D eigenvalue weighted by Crippen LogP contribution is -2.08. The summed E-state index contributed by atoms with van der Waals surface area (Å²) >= 11 is 0. The molecule has 19 heavy (non-hydrogen) atoms. The number of nitrogens with two attached hydrogens (primary N) is 1. The molecule has 0 spiro atoms. The van der Waals surface area contributed by atoms with Gasteiger partial charge in [-0.15, -0.1) is 0 Å². The molecule has 2 aromatic carbocycles. The van der Waals surface area contributed by atoms with E-state index in [1.165, 1.54) is 5.56 Å². The van der Waals surface area contributed by atoms with Crippen molar-refractivity contribution in [1.82, 2.24) is 9.55 Å². The summed E-state index contributed by atoms with van der Waals surface area (Å²) in [7, 11) is 0. The van der Waals surface area contributed by atoms with E-state index in [-0.39, 0.29) is 6.04 Å². The second-order valence-corrected chi connectivity index (χ2v) is 4.71. The van der Waals surface area contributed by atoms with Crippen molar-refractivity contribution in [2.75, 3.05) is 0 Å². The Hall–Kier alpha value is -2.13. The molecule has 0 radical (unpaired) electrons. The zero-order valence-electron chi connectivity index (χ0n) is 11.0. The Bertz CT molecular complexity index is 683. The van der Waals surface area contributed by atoms with Crippen LogP contribution in [0.5, 0.6) is 0 Å². The minimum atomic E-state index is 0.119. The number of para-hydroxylation sites is 2. The number of fused-ring (bicyclic) bond motifs is 1. The van der Waals surface area contributed by atoms with Crippen LogP contribution in [0.3, 0.4) is 0 Å². The molecular weight excluding hydrogens is 234 g/mol. The predicted octanol–water partition coefficient (Wildman–Crippen LogP) is 3.44. The zero-order valence-corrected chi connectivity index (χ0v) is 11.0. The van der Waals surface area contributed by atoms with Gasteiger partial charge in [0.05, 0.1) is 11.0 Å². The molecule has 3 heteroatoms. The summed E-state index contributed by atoms with van der Waals surface area (Å²) in [4.78, 5) is 4.41. The van der Waals surface area contributed by atoms with E-state index in [0.717, 1.165) is 23.1 Å². The van der Waals surface area contributed by atoms with Crippen LogP contribution in [-0.4, -0.2) is 9.55 Å². The maximum atomic E-state index is 6.03. The predicted molar refractivity (Wildman–Crippen MR) is 78.3 cm³/mol. The Morgan fingerprint density at radius 2 is 1.84 bits per heavy atom. The molecule has 96 valence electrons. The normalized spacial score (nSPS) is 12.7. The Labute approximate surface area is 112 Å². The molecule has 1 heterocycles. The van der Waals surface area contributed by atoms with Gasteiger partial charge in [-0.05, 0) is 36.2 Å². The number of nitrogens with zero attached hydrogens (tertiary/aromatic N) is 2. The maximum absolute atomic E-state index is 6.03. The van der Waals surface area contributed by atoms with Crippen molar-refractivity contribution in [3.63, 3.8) is 0 Å². The van der Waals surface area contributed by atoms with Crippen LogP contribution in [0.2, 0.25) is 0 Å². The largest absolute Gasteiger partial charge is 0.324 e. The van der Waals surface area contributed by atoms with Gasteiger partial charge in [0.1, 0.15) is 6.33 Å². The average molecular weight is 251 g/mol. The molecule has 2 N–H and O–H groups in total. The van der Waals surface area contributed by atoms with E-state index in [4.69, 9.17) is 5.73 Å². The fourth-order valence-corrected chi connectivity index (χ4v) is 2.28. The van der Waals surface area contributed by atoms with Gasteiger partial charge in [-0.1, -0.05) is 31.2 Å². The van der Waals surface area contributed by atoms with Crippen molar-refractivity contribution in [3.8, 4) is 5.69 Å². The van der Waals surface area contributed by atoms with Crippen molar-refractivity contribution in [3.05, 3.63) is 60.4 Å². The first-order valence-electron chi connectivity index (χ1n) is 6.57. The van der Waals surface area contributed by atoms with Crippen LogP contribution in [0, 0.1) is 0 Å². The standard InChI is InChI=1S/C16H17N3/c1-2-14(17)12-7-9-13(10-8-12)19-11-18-15-5-3-4-6-16(15)19/h3-11,14H,2,17H2,1H3/t14-/m1/s1. The topological polar surface area (TPSA) is 43.8 Å². The highest BCUT2D eigenvalue weighted by atomic mass is 15.0. The van der Waals surface area contributed by atoms with Crippen molar-refractivity contribution in [2.45, 2.75) is 19.4 Å². The van der Waals surface area contributed by atoms with Gasteiger partial charge in [-0.25, -0.2) is 4.98 Å². The van der Waals surface area contributed by atoms with Gasteiger partial charge in [0.25, 0.3) is 0 Å². The molecule has 1 aromatic heterocycles. The van der Waals surface area contributed by atoms with Gasteiger partial charge in [-0.3, -0.25) is 4.57 Å². The van der Waals surface area contributed by atoms with Crippen molar-refractivity contribution in [2.24, 2.45) is 5.73 Å². The summed E-state index contributed by atoms with van der Waals surface area (Å²) in [6.07, 6.45) is 2.81. The molecule has 3 nitrogen and oxygen atoms in total. The van der Waals surface area contributed by atoms with E-state index in [9.17, 15) is 0 Å². The fourth-order valence-electron chi connectivity index (χ4n) is 2.28. The van der Waals surface area contributed by atoms with Crippen molar-refractivity contribution < 1.29 is 0 Å². The summed E-state index contributed by atoms with van der Waals surface area (Å²) < 4.78 is 2.09. The van der Waals surface area contributed by atoms with Crippen LogP contribution in [0.4, 0.5) is 0 Å². The third-order valence-corrected chi connectivity index (χ3v) is 3.49. The number of hydrogen-bond donors (Lipinski definition) is 1. The van der Waals surface area contributed by atoms with E-state index < -0.39 is 0 Å². The third-order valence-electron chi connectivity index (χ3n) is 3.49. The molecule has 3 aromatic rings. The molecular formula is C16H17N3. The van der Waals surface area contributed by atoms with Gasteiger partial charge < -0.3 is 5.73 Å². The fraction of sp³-hybridized carbons (Fsp3) is 0.188. The van der Waals surface area contributed by atoms with Gasteiger partial charge in [0.15, 0.2) is 0 Å². The molecule has 0 saturated carbocycles. The van der Waals surface area contributed by atoms with Gasteiger partial charge >= 0.3 is 0 Å². The van der Waals surface area contributed by atoms with Crippen LogP contribution in [0.25, 0.3) is 16.7 Å². The van der Waals surface area contributed by atoms with Gasteiger partial charge in [-0.2, -0.15) is 0 Å². The van der Waals surface area contributed by atoms with E-state index in [1.807, 2.05) is 24.5 Å². The molecule has 0 aliphatic heterocycles. The smallest absolute Gasteiger partial charge is 0.100 e. The second kappa shape index (κ2) is 4.86. The highest BCUT2D eigenvalue weighted by Gasteiger charge is 2.06. The monoisotopic (exact) mass is 251 g/mol. The number of benzene rings is 2. The number of hydrogen-bond acceptors (Lipinski definition) is 2. The van der Waals surface area contributed by atoms with Gasteiger partial charge in [0.2, 0.25) is 0 Å². The van der Waals surface area contributed by atoms with Crippen LogP contribution < -0.4 is 5.73 Å². The maximum Gasteiger partial charge on any atom is 0.100 e. The summed E-state index contributed by atoms with van der Waals surface area (Å²) in [6.45, 7) is 2.10. The SMILES string of the molecule is CC[C@@H](N)c1ccc(-n2cnc3ccccc32)cc1. The Kier molecular flexibility index (Phi) is 3.05. The second-order valence-electron chi connectivity index (χ2n) is 4.71. The molecule has 0 aliphatic rings. The van der Waals surface area contributed by atoms with Crippen LogP contribution in [0.1, 0.15) is 24.9 Å². The highest BCUT2D eigenvalue weighted by Crippen LogP contribution is 2.20. The molecule has 0 unspecified atom stereocenters. The quantitative estimate of drug-likeness (QED) is 0.775. The summed E-state index contributed by atoms with van der Waals surface area (Å²) in [5, 5.41) is 0. The van der Waals surface area contributed by atoms with E-state index >= 15 is 0 Å². The summed E-state index contributed by atoms with van der Waals surface area (Å²) in [5.41, 5.74) is 10.5. The highest BCUT2D eigenvalue weighted by molar-refractivity contribution is 5.77. The Balaban J connectivity index is 2.02. The summed E-state index contributed by atoms with van der Waals surface area (Å²) in [5.74, 6) is 0. The molecule has 0 fully saturated rings. The van der Waals surface area contributed by atoms with Crippen LogP contribution >= 0.6 is 0 Å². The number of aromatic nitrogens is 2. The molecule has 0 saturated heterocycles. The lowest BCUT2D eigenvalue weighted by molar-refractivity contribution is 0.698. The van der Waals surface area contributed by atoms with Crippen LogP contribution in [-0.2, 0) is 0 Å². The minimum Gasteiger partial charge on any atom is -0.324 e. The number of rotatable bonds is 3. The first kappa shape index (κ1) is 11.9. The lowest BCUT2D eigenvalue weighted by Gasteiger charge is -2.10. The van der Waals surface area contributed by atoms with Crippen molar-refractivity contribution >= 4 is 11.0 Å². The third kappa shape index (κ3) is 2.13. The van der Waals surface area contributed by atoms with E-state index in [0.29, 0.717) is 0 Å². The van der Waals surface area contributed by atoms with E-state index in [1.54, 1.807) is 0 Å². The zero-order chi connectivity index (χ0) is 13.2. The molecule has 0 amide bonds. The first-order chi connectivity index (χ1) is 9.29. The summed E-state index contributed by atoms with van der Waals surface area (Å²) in [6, 6.07) is 16.6. The molecule has 0 aliphatic carbocycles. The lowest BCUT2D eigenvalue weighted by atomic mass is 10.1. The van der Waals surface area contributed by atoms with Crippen LogP contribution in [0.15, 0.2) is 54.9 Å². The van der Waals surface area contributed by atoms with E-state index in [2.05, 4.69) is 46.8 Å². The van der Waals surface area contributed by atoms with Gasteiger partial charge in [0, 0.05) is 11.7 Å². The molecule has 1 atom stereocenters. The minimum absolute atomic E-state index is 0.119. The first-order valence-corrected chi connectivity index (χ1v) is 6.57.